The van der Waals surface area contributed by atoms with Gasteiger partial charge >= 0.3 is 0 Å². The molecule has 0 atom stereocenters. The number of hydrogen-bond donors (Lipinski definition) is 1. The summed E-state index contributed by atoms with van der Waals surface area (Å²) in [5.41, 5.74) is 1.31. The topological polar surface area (TPSA) is 56.8 Å². The minimum Gasteiger partial charge on any atom is -0.495 e. The maximum atomic E-state index is 12.1. The molecular weight excluding hydrogens is 353 g/mol. The number of nitrogens with one attached hydrogen (secondary N) is 1. The summed E-state index contributed by atoms with van der Waals surface area (Å²) < 4.78 is 15.8. The molecule has 0 fully saturated rings. The van der Waals surface area contributed by atoms with Crippen molar-refractivity contribution in [3.8, 4) is 17.2 Å². The second-order valence-electron chi connectivity index (χ2n) is 4.93. The van der Waals surface area contributed by atoms with Crippen LogP contribution in [0.4, 0.5) is 5.69 Å². The highest BCUT2D eigenvalue weighted by Gasteiger charge is 2.13. The van der Waals surface area contributed by atoms with Crippen molar-refractivity contribution in [2.24, 2.45) is 0 Å². The van der Waals surface area contributed by atoms with E-state index in [2.05, 4.69) is 5.32 Å². The second kappa shape index (κ2) is 8.13. The van der Waals surface area contributed by atoms with Gasteiger partial charge < -0.3 is 19.5 Å². The van der Waals surface area contributed by atoms with Gasteiger partial charge in [-0.3, -0.25) is 4.79 Å². The average Bonchev–Trinajstić information content (AvgIpc) is 2.56. The number of methoxy groups -OCH3 is 2. The highest BCUT2D eigenvalue weighted by Crippen LogP contribution is 2.35. The molecule has 0 aromatic heterocycles. The first-order valence-electron chi connectivity index (χ1n) is 7.05. The van der Waals surface area contributed by atoms with Gasteiger partial charge in [-0.2, -0.15) is 0 Å². The molecule has 0 aliphatic heterocycles. The van der Waals surface area contributed by atoms with E-state index in [0.29, 0.717) is 33.0 Å². The Morgan fingerprint density at radius 3 is 2.38 bits per heavy atom. The number of ether oxygens (including phenoxy) is 3. The molecule has 0 saturated carbocycles. The third-order valence-corrected chi connectivity index (χ3v) is 3.97. The lowest BCUT2D eigenvalue weighted by Gasteiger charge is -2.13. The summed E-state index contributed by atoms with van der Waals surface area (Å²) in [4.78, 5) is 12.1. The molecule has 128 valence electrons. The molecule has 0 aliphatic rings. The van der Waals surface area contributed by atoms with Crippen LogP contribution in [0, 0.1) is 6.92 Å². The molecule has 2 aromatic rings. The highest BCUT2D eigenvalue weighted by molar-refractivity contribution is 6.32. The Hall–Kier alpha value is -2.11. The monoisotopic (exact) mass is 369 g/mol. The number of anilines is 1. The van der Waals surface area contributed by atoms with Crippen LogP contribution in [-0.4, -0.2) is 26.7 Å². The summed E-state index contributed by atoms with van der Waals surface area (Å²) in [5, 5.41) is 3.70. The Labute approximate surface area is 150 Å². The molecule has 1 N–H and O–H groups in total. The Bertz CT molecular complexity index is 750. The van der Waals surface area contributed by atoms with E-state index in [9.17, 15) is 4.79 Å². The number of hydrogen-bond acceptors (Lipinski definition) is 4. The van der Waals surface area contributed by atoms with Gasteiger partial charge in [-0.1, -0.05) is 23.2 Å². The van der Waals surface area contributed by atoms with E-state index >= 15 is 0 Å². The Morgan fingerprint density at radius 1 is 1.04 bits per heavy atom. The first kappa shape index (κ1) is 18.2. The van der Waals surface area contributed by atoms with E-state index in [-0.39, 0.29) is 12.5 Å². The molecule has 0 heterocycles. The molecule has 0 unspecified atom stereocenters. The van der Waals surface area contributed by atoms with Gasteiger partial charge in [0.25, 0.3) is 5.91 Å². The molecule has 24 heavy (non-hydrogen) atoms. The molecule has 2 aromatic carbocycles. The highest BCUT2D eigenvalue weighted by atomic mass is 35.5. The number of carbonyl (C=O) groups is 1. The number of rotatable bonds is 6. The van der Waals surface area contributed by atoms with E-state index in [1.165, 1.54) is 14.2 Å². The van der Waals surface area contributed by atoms with Crippen molar-refractivity contribution >= 4 is 34.8 Å². The lowest BCUT2D eigenvalue weighted by atomic mass is 10.2. The second-order valence-corrected chi connectivity index (χ2v) is 5.75. The molecule has 0 spiro atoms. The summed E-state index contributed by atoms with van der Waals surface area (Å²) in [6.45, 7) is 1.70. The molecule has 2 rings (SSSR count). The van der Waals surface area contributed by atoms with E-state index in [4.69, 9.17) is 37.4 Å². The van der Waals surface area contributed by atoms with Gasteiger partial charge in [-0.25, -0.2) is 0 Å². The van der Waals surface area contributed by atoms with Crippen LogP contribution in [0.2, 0.25) is 10.0 Å². The molecule has 0 radical (unpaired) electrons. The number of aryl methyl sites for hydroxylation is 1. The minimum absolute atomic E-state index is 0.159. The Kier molecular flexibility index (Phi) is 6.17. The number of carbonyl (C=O) groups excluding carboxylic acids is 1. The predicted molar refractivity (Wildman–Crippen MR) is 94.9 cm³/mol. The van der Waals surface area contributed by atoms with Crippen molar-refractivity contribution in [3.05, 3.63) is 45.9 Å². The molecule has 0 aliphatic carbocycles. The van der Waals surface area contributed by atoms with Crippen LogP contribution >= 0.6 is 23.2 Å². The SMILES string of the molecule is COc1cc(OC)c(NC(=O)COc2ccc(Cl)c(C)c2)cc1Cl. The van der Waals surface area contributed by atoms with Crippen LogP contribution in [0.25, 0.3) is 0 Å². The van der Waals surface area contributed by atoms with Gasteiger partial charge in [0.05, 0.1) is 24.9 Å². The number of benzene rings is 2. The molecular formula is C17H17Cl2NO4. The summed E-state index contributed by atoms with van der Waals surface area (Å²) in [5.74, 6) is 1.11. The standard InChI is InChI=1S/C17H17Cl2NO4/c1-10-6-11(4-5-12(10)18)24-9-17(21)20-14-7-13(19)15(22-2)8-16(14)23-3/h4-8H,9H2,1-3H3,(H,20,21). The molecule has 0 saturated heterocycles. The molecule has 5 nitrogen and oxygen atoms in total. The normalized spacial score (nSPS) is 10.2. The summed E-state index contributed by atoms with van der Waals surface area (Å²) in [6.07, 6.45) is 0. The van der Waals surface area contributed by atoms with Gasteiger partial charge in [0.15, 0.2) is 6.61 Å². The molecule has 0 bridgehead atoms. The molecule has 1 amide bonds. The predicted octanol–water partition coefficient (Wildman–Crippen LogP) is 4.34. The van der Waals surface area contributed by atoms with Crippen LogP contribution in [0.15, 0.2) is 30.3 Å². The first-order valence-corrected chi connectivity index (χ1v) is 7.80. The van der Waals surface area contributed by atoms with Crippen molar-refractivity contribution in [3.63, 3.8) is 0 Å². The van der Waals surface area contributed by atoms with Crippen LogP contribution in [0.1, 0.15) is 5.56 Å². The lowest BCUT2D eigenvalue weighted by molar-refractivity contribution is -0.118. The maximum absolute atomic E-state index is 12.1. The third kappa shape index (κ3) is 4.46. The summed E-state index contributed by atoms with van der Waals surface area (Å²) in [6, 6.07) is 8.34. The van der Waals surface area contributed by atoms with E-state index in [1.807, 2.05) is 6.92 Å². The fraction of sp³-hybridized carbons (Fsp3) is 0.235. The van der Waals surface area contributed by atoms with E-state index in [1.54, 1.807) is 30.3 Å². The minimum atomic E-state index is -0.345. The summed E-state index contributed by atoms with van der Waals surface area (Å²) in [7, 11) is 2.99. The lowest BCUT2D eigenvalue weighted by Crippen LogP contribution is -2.20. The Morgan fingerprint density at radius 2 is 1.75 bits per heavy atom. The zero-order valence-corrected chi connectivity index (χ0v) is 15.0. The Balaban J connectivity index is 2.04. The fourth-order valence-corrected chi connectivity index (χ4v) is 2.36. The fourth-order valence-electron chi connectivity index (χ4n) is 2.00. The smallest absolute Gasteiger partial charge is 0.262 e. The van der Waals surface area contributed by atoms with Crippen molar-refractivity contribution in [2.45, 2.75) is 6.92 Å². The van der Waals surface area contributed by atoms with Crippen molar-refractivity contribution in [1.82, 2.24) is 0 Å². The van der Waals surface area contributed by atoms with Crippen molar-refractivity contribution in [1.29, 1.82) is 0 Å². The van der Waals surface area contributed by atoms with Crippen molar-refractivity contribution < 1.29 is 19.0 Å². The number of halogens is 2. The summed E-state index contributed by atoms with van der Waals surface area (Å²) >= 11 is 12.0. The van der Waals surface area contributed by atoms with Gasteiger partial charge in [0.1, 0.15) is 17.2 Å². The van der Waals surface area contributed by atoms with Crippen molar-refractivity contribution in [2.75, 3.05) is 26.1 Å². The zero-order valence-electron chi connectivity index (χ0n) is 13.5. The van der Waals surface area contributed by atoms with Gasteiger partial charge in [-0.15, -0.1) is 0 Å². The van der Waals surface area contributed by atoms with Gasteiger partial charge in [-0.05, 0) is 36.8 Å². The largest absolute Gasteiger partial charge is 0.495 e. The van der Waals surface area contributed by atoms with E-state index in [0.717, 1.165) is 5.56 Å². The van der Waals surface area contributed by atoms with Crippen LogP contribution in [0.5, 0.6) is 17.2 Å². The quantitative estimate of drug-likeness (QED) is 0.822. The third-order valence-electron chi connectivity index (χ3n) is 3.25. The van der Waals surface area contributed by atoms with E-state index < -0.39 is 0 Å². The van der Waals surface area contributed by atoms with Crippen LogP contribution in [0.3, 0.4) is 0 Å². The average molecular weight is 370 g/mol. The first-order chi connectivity index (χ1) is 11.4. The van der Waals surface area contributed by atoms with Crippen LogP contribution < -0.4 is 19.5 Å². The zero-order chi connectivity index (χ0) is 17.7. The van der Waals surface area contributed by atoms with Crippen LogP contribution in [-0.2, 0) is 4.79 Å². The maximum Gasteiger partial charge on any atom is 0.262 e. The van der Waals surface area contributed by atoms with Gasteiger partial charge in [0.2, 0.25) is 0 Å². The number of amides is 1. The molecule has 7 heteroatoms. The van der Waals surface area contributed by atoms with Gasteiger partial charge in [0, 0.05) is 11.1 Å².